The number of nitrogens with two attached hydrogens (primary N) is 1. The van der Waals surface area contributed by atoms with Crippen LogP contribution in [0.5, 0.6) is 0 Å². The van der Waals surface area contributed by atoms with Gasteiger partial charge in [-0.15, -0.1) is 11.3 Å². The molecule has 1 heterocycles. The summed E-state index contributed by atoms with van der Waals surface area (Å²) >= 11 is 4.27. The van der Waals surface area contributed by atoms with E-state index >= 15 is 0 Å². The van der Waals surface area contributed by atoms with E-state index in [1.807, 2.05) is 0 Å². The van der Waals surface area contributed by atoms with Crippen LogP contribution in [-0.2, 0) is 16.6 Å². The summed E-state index contributed by atoms with van der Waals surface area (Å²) in [5, 5.41) is 1.50. The van der Waals surface area contributed by atoms with Gasteiger partial charge in [-0.25, -0.2) is 12.8 Å². The van der Waals surface area contributed by atoms with Gasteiger partial charge in [0.25, 0.3) is 10.0 Å². The number of rotatable bonds is 4. The van der Waals surface area contributed by atoms with Crippen LogP contribution in [0, 0.1) is 5.82 Å². The maximum Gasteiger partial charge on any atom is 0.262 e. The Morgan fingerprint density at radius 2 is 2.11 bits per heavy atom. The molecule has 0 amide bonds. The minimum Gasteiger partial charge on any atom is -0.326 e. The number of nitrogens with one attached hydrogen (secondary N) is 1. The van der Waals surface area contributed by atoms with Crippen molar-refractivity contribution in [1.29, 1.82) is 0 Å². The van der Waals surface area contributed by atoms with Crippen LogP contribution < -0.4 is 10.5 Å². The Kier molecular flexibility index (Phi) is 4.24. The monoisotopic (exact) mass is 364 g/mol. The zero-order chi connectivity index (χ0) is 14.0. The minimum atomic E-state index is -3.71. The highest BCUT2D eigenvalue weighted by Gasteiger charge is 2.16. The van der Waals surface area contributed by atoms with Gasteiger partial charge < -0.3 is 5.73 Å². The first kappa shape index (κ1) is 14.4. The van der Waals surface area contributed by atoms with Crippen LogP contribution in [0.3, 0.4) is 0 Å². The molecule has 0 saturated heterocycles. The zero-order valence-electron chi connectivity index (χ0n) is 9.56. The van der Waals surface area contributed by atoms with Crippen molar-refractivity contribution in [3.63, 3.8) is 0 Å². The second kappa shape index (κ2) is 5.58. The summed E-state index contributed by atoms with van der Waals surface area (Å²) < 4.78 is 40.0. The fraction of sp³-hybridized carbons (Fsp3) is 0.0909. The van der Waals surface area contributed by atoms with E-state index < -0.39 is 15.8 Å². The van der Waals surface area contributed by atoms with Crippen molar-refractivity contribution in [3.05, 3.63) is 44.8 Å². The number of benzene rings is 1. The van der Waals surface area contributed by atoms with Gasteiger partial charge in [-0.05, 0) is 40.2 Å². The largest absolute Gasteiger partial charge is 0.326 e. The van der Waals surface area contributed by atoms with Crippen molar-refractivity contribution in [2.75, 3.05) is 4.72 Å². The van der Waals surface area contributed by atoms with Crippen molar-refractivity contribution in [3.8, 4) is 0 Å². The van der Waals surface area contributed by atoms with Crippen molar-refractivity contribution in [2.45, 2.75) is 11.4 Å². The van der Waals surface area contributed by atoms with Gasteiger partial charge in [-0.2, -0.15) is 0 Å². The summed E-state index contributed by atoms with van der Waals surface area (Å²) in [4.78, 5) is 0.892. The number of hydrogen-bond acceptors (Lipinski definition) is 4. The van der Waals surface area contributed by atoms with E-state index in [0.717, 1.165) is 10.9 Å². The van der Waals surface area contributed by atoms with Gasteiger partial charge in [-0.3, -0.25) is 4.72 Å². The Hall–Kier alpha value is -0.960. The van der Waals surface area contributed by atoms with Crippen molar-refractivity contribution < 1.29 is 12.8 Å². The second-order valence-electron chi connectivity index (χ2n) is 3.69. The Morgan fingerprint density at radius 1 is 1.37 bits per heavy atom. The first-order chi connectivity index (χ1) is 8.92. The molecule has 4 nitrogen and oxygen atoms in total. The highest BCUT2D eigenvalue weighted by Crippen LogP contribution is 2.24. The summed E-state index contributed by atoms with van der Waals surface area (Å²) in [5.74, 6) is -0.534. The molecule has 0 saturated carbocycles. The number of halogens is 2. The molecule has 0 aliphatic carbocycles. The van der Waals surface area contributed by atoms with Crippen molar-refractivity contribution >= 4 is 43.0 Å². The van der Waals surface area contributed by atoms with Crippen LogP contribution in [0.2, 0.25) is 0 Å². The average molecular weight is 365 g/mol. The lowest BCUT2D eigenvalue weighted by molar-refractivity contribution is 0.601. The summed E-state index contributed by atoms with van der Waals surface area (Å²) in [6, 6.07) is 5.52. The van der Waals surface area contributed by atoms with Gasteiger partial charge in [-0.1, -0.05) is 0 Å². The van der Waals surface area contributed by atoms with Crippen LogP contribution in [0.1, 0.15) is 4.88 Å². The Balaban J connectivity index is 2.28. The van der Waals surface area contributed by atoms with E-state index in [0.29, 0.717) is 0 Å². The number of anilines is 1. The molecule has 2 aromatic rings. The lowest BCUT2D eigenvalue weighted by Crippen LogP contribution is -2.12. The predicted molar refractivity (Wildman–Crippen MR) is 77.1 cm³/mol. The molecular formula is C11H10BrFN2O2S2. The fourth-order valence-corrected chi connectivity index (χ4v) is 3.83. The van der Waals surface area contributed by atoms with Crippen molar-refractivity contribution in [1.82, 2.24) is 0 Å². The van der Waals surface area contributed by atoms with Gasteiger partial charge in [0.1, 0.15) is 5.82 Å². The molecule has 2 rings (SSSR count). The van der Waals surface area contributed by atoms with E-state index in [9.17, 15) is 12.8 Å². The molecule has 0 aliphatic heterocycles. The van der Waals surface area contributed by atoms with Crippen LogP contribution >= 0.6 is 27.3 Å². The first-order valence-electron chi connectivity index (χ1n) is 5.18. The van der Waals surface area contributed by atoms with Gasteiger partial charge >= 0.3 is 0 Å². The molecule has 19 heavy (non-hydrogen) atoms. The van der Waals surface area contributed by atoms with Gasteiger partial charge in [0.05, 0.1) is 15.1 Å². The molecule has 0 spiro atoms. The summed E-state index contributed by atoms with van der Waals surface area (Å²) in [6.07, 6.45) is 0. The molecule has 0 aliphatic rings. The highest BCUT2D eigenvalue weighted by atomic mass is 79.9. The van der Waals surface area contributed by atoms with E-state index in [4.69, 9.17) is 5.73 Å². The standard InChI is InChI=1S/C11H10BrFN2O2S2/c12-10-2-1-7(3-11(10)13)15-19(16,17)9-4-8(5-14)18-6-9/h1-4,6,15H,5,14H2. The summed E-state index contributed by atoms with van der Waals surface area (Å²) in [7, 11) is -3.71. The molecule has 0 bridgehead atoms. The Morgan fingerprint density at radius 3 is 2.68 bits per heavy atom. The third-order valence-electron chi connectivity index (χ3n) is 2.31. The van der Waals surface area contributed by atoms with E-state index in [2.05, 4.69) is 20.7 Å². The zero-order valence-corrected chi connectivity index (χ0v) is 12.8. The van der Waals surface area contributed by atoms with Crippen LogP contribution in [0.25, 0.3) is 0 Å². The molecule has 3 N–H and O–H groups in total. The number of thiophene rings is 1. The molecular weight excluding hydrogens is 355 g/mol. The molecule has 0 fully saturated rings. The van der Waals surface area contributed by atoms with Gasteiger partial charge in [0.15, 0.2) is 0 Å². The minimum absolute atomic E-state index is 0.126. The Labute approximate surface area is 122 Å². The normalized spacial score (nSPS) is 11.5. The summed E-state index contributed by atoms with van der Waals surface area (Å²) in [5.41, 5.74) is 5.60. The maximum atomic E-state index is 13.3. The number of hydrogen-bond donors (Lipinski definition) is 2. The van der Waals surface area contributed by atoms with E-state index in [-0.39, 0.29) is 21.6 Å². The molecule has 1 aromatic carbocycles. The quantitative estimate of drug-likeness (QED) is 0.875. The molecule has 8 heteroatoms. The van der Waals surface area contributed by atoms with Gasteiger partial charge in [0, 0.05) is 16.8 Å². The average Bonchev–Trinajstić information content (AvgIpc) is 2.83. The SMILES string of the molecule is NCc1cc(S(=O)(=O)Nc2ccc(Br)c(F)c2)cs1. The van der Waals surface area contributed by atoms with Crippen molar-refractivity contribution in [2.24, 2.45) is 5.73 Å². The fourth-order valence-electron chi connectivity index (χ4n) is 1.38. The molecule has 0 atom stereocenters. The molecule has 102 valence electrons. The molecule has 1 aromatic heterocycles. The Bertz CT molecular complexity index is 700. The molecule has 0 unspecified atom stereocenters. The van der Waals surface area contributed by atoms with E-state index in [1.54, 1.807) is 0 Å². The lowest BCUT2D eigenvalue weighted by atomic mass is 10.3. The summed E-state index contributed by atoms with van der Waals surface area (Å²) in [6.45, 7) is 0.285. The predicted octanol–water partition coefficient (Wildman–Crippen LogP) is 2.91. The third-order valence-corrected chi connectivity index (χ3v) is 5.43. The van der Waals surface area contributed by atoms with Crippen LogP contribution in [0.15, 0.2) is 39.0 Å². The second-order valence-corrected chi connectivity index (χ2v) is 7.22. The van der Waals surface area contributed by atoms with E-state index in [1.165, 1.54) is 34.9 Å². The lowest BCUT2D eigenvalue weighted by Gasteiger charge is -2.06. The smallest absolute Gasteiger partial charge is 0.262 e. The highest BCUT2D eigenvalue weighted by molar-refractivity contribution is 9.10. The number of sulfonamides is 1. The topological polar surface area (TPSA) is 72.2 Å². The van der Waals surface area contributed by atoms with Crippen LogP contribution in [0.4, 0.5) is 10.1 Å². The molecule has 0 radical (unpaired) electrons. The maximum absolute atomic E-state index is 13.3. The van der Waals surface area contributed by atoms with Crippen LogP contribution in [-0.4, -0.2) is 8.42 Å². The first-order valence-corrected chi connectivity index (χ1v) is 8.33. The van der Waals surface area contributed by atoms with Gasteiger partial charge in [0.2, 0.25) is 0 Å². The third kappa shape index (κ3) is 3.33.